The summed E-state index contributed by atoms with van der Waals surface area (Å²) in [5, 5.41) is 2.96. The first-order valence-electron chi connectivity index (χ1n) is 5.11. The van der Waals surface area contributed by atoms with Crippen LogP contribution in [0.4, 0.5) is 0 Å². The fraction of sp³-hybridized carbons (Fsp3) is 0.545. The van der Waals surface area contributed by atoms with Crippen molar-refractivity contribution in [1.82, 2.24) is 5.32 Å². The van der Waals surface area contributed by atoms with E-state index in [0.29, 0.717) is 37.0 Å². The highest BCUT2D eigenvalue weighted by Gasteiger charge is 2.14. The number of nitrogens with one attached hydrogen (secondary N) is 1. The normalized spacial score (nSPS) is 15.2. The van der Waals surface area contributed by atoms with Crippen molar-refractivity contribution in [2.45, 2.75) is 6.42 Å². The van der Waals surface area contributed by atoms with Crippen molar-refractivity contribution in [3.8, 4) is 0 Å². The zero-order chi connectivity index (χ0) is 11.8. The van der Waals surface area contributed by atoms with Gasteiger partial charge < -0.3 is 19.5 Å². The van der Waals surface area contributed by atoms with Crippen molar-refractivity contribution < 1.29 is 19.0 Å². The second-order valence-electron chi connectivity index (χ2n) is 3.28. The quantitative estimate of drug-likeness (QED) is 0.509. The summed E-state index contributed by atoms with van der Waals surface area (Å²) >= 11 is 0. The number of aldehydes is 1. The van der Waals surface area contributed by atoms with Crippen molar-refractivity contribution in [3.05, 3.63) is 23.3 Å². The summed E-state index contributed by atoms with van der Waals surface area (Å²) in [6.07, 6.45) is 3.29. The van der Waals surface area contributed by atoms with E-state index in [1.807, 2.05) is 0 Å². The molecule has 0 atom stereocenters. The summed E-state index contributed by atoms with van der Waals surface area (Å²) in [7, 11) is 3.20. The Labute approximate surface area is 95.1 Å². The molecular weight excluding hydrogens is 210 g/mol. The predicted octanol–water partition coefficient (Wildman–Crippen LogP) is 0.583. The van der Waals surface area contributed by atoms with Gasteiger partial charge in [-0.2, -0.15) is 0 Å². The average Bonchev–Trinajstić information content (AvgIpc) is 2.34. The molecule has 0 amide bonds. The molecule has 0 aromatic rings. The zero-order valence-electron chi connectivity index (χ0n) is 9.62. The molecule has 1 aliphatic heterocycles. The Morgan fingerprint density at radius 1 is 1.44 bits per heavy atom. The van der Waals surface area contributed by atoms with Crippen molar-refractivity contribution in [1.29, 1.82) is 0 Å². The van der Waals surface area contributed by atoms with Gasteiger partial charge >= 0.3 is 0 Å². The van der Waals surface area contributed by atoms with Crippen LogP contribution >= 0.6 is 0 Å². The first kappa shape index (κ1) is 12.6. The fourth-order valence-electron chi connectivity index (χ4n) is 1.30. The van der Waals surface area contributed by atoms with Crippen LogP contribution < -0.4 is 5.32 Å². The summed E-state index contributed by atoms with van der Waals surface area (Å²) in [6.45, 7) is 1.64. The average molecular weight is 227 g/mol. The largest absolute Gasteiger partial charge is 0.488 e. The van der Waals surface area contributed by atoms with E-state index in [4.69, 9.17) is 14.2 Å². The van der Waals surface area contributed by atoms with Gasteiger partial charge in [0.05, 0.1) is 13.7 Å². The second-order valence-corrected chi connectivity index (χ2v) is 3.28. The van der Waals surface area contributed by atoms with E-state index in [0.717, 1.165) is 12.7 Å². The standard InChI is InChI=1S/C11H17NO4/c1-14-4-3-5-16-10-6-9(8-13)7-12-11(10)15-2/h6,8,12H,3-5,7H2,1-2H3. The Morgan fingerprint density at radius 2 is 2.25 bits per heavy atom. The Balaban J connectivity index is 2.54. The van der Waals surface area contributed by atoms with Crippen LogP contribution in [0.15, 0.2) is 23.3 Å². The van der Waals surface area contributed by atoms with Gasteiger partial charge in [0.25, 0.3) is 0 Å². The first-order chi connectivity index (χ1) is 7.81. The number of dihydropyridines is 1. The van der Waals surface area contributed by atoms with Crippen LogP contribution in [-0.2, 0) is 19.0 Å². The lowest BCUT2D eigenvalue weighted by Crippen LogP contribution is -2.24. The maximum atomic E-state index is 10.6. The van der Waals surface area contributed by atoms with Crippen LogP contribution in [0.25, 0.3) is 0 Å². The molecule has 5 heteroatoms. The molecule has 0 saturated heterocycles. The van der Waals surface area contributed by atoms with Crippen molar-refractivity contribution in [2.24, 2.45) is 0 Å². The number of carbonyl (C=O) groups excluding carboxylic acids is 1. The molecule has 0 unspecified atom stereocenters. The molecule has 0 aromatic carbocycles. The lowest BCUT2D eigenvalue weighted by atomic mass is 10.2. The molecule has 0 spiro atoms. The van der Waals surface area contributed by atoms with Gasteiger partial charge in [0.1, 0.15) is 6.29 Å². The van der Waals surface area contributed by atoms with Crippen LogP contribution in [0.3, 0.4) is 0 Å². The molecule has 90 valence electrons. The summed E-state index contributed by atoms with van der Waals surface area (Å²) in [6, 6.07) is 0. The molecule has 1 N–H and O–H groups in total. The number of methoxy groups -OCH3 is 2. The number of hydrogen-bond donors (Lipinski definition) is 1. The van der Waals surface area contributed by atoms with Crippen LogP contribution in [0.5, 0.6) is 0 Å². The van der Waals surface area contributed by atoms with Gasteiger partial charge in [-0.1, -0.05) is 0 Å². The van der Waals surface area contributed by atoms with E-state index in [9.17, 15) is 4.79 Å². The Morgan fingerprint density at radius 3 is 2.88 bits per heavy atom. The molecule has 1 heterocycles. The Hall–Kier alpha value is -1.49. The van der Waals surface area contributed by atoms with E-state index < -0.39 is 0 Å². The highest BCUT2D eigenvalue weighted by molar-refractivity contribution is 5.75. The van der Waals surface area contributed by atoms with E-state index in [1.165, 1.54) is 0 Å². The summed E-state index contributed by atoms with van der Waals surface area (Å²) < 4.78 is 15.5. The third-order valence-corrected chi connectivity index (χ3v) is 2.10. The number of rotatable bonds is 7. The van der Waals surface area contributed by atoms with Crippen LogP contribution in [0, 0.1) is 0 Å². The van der Waals surface area contributed by atoms with Gasteiger partial charge in [0.15, 0.2) is 5.76 Å². The van der Waals surface area contributed by atoms with Gasteiger partial charge in [0.2, 0.25) is 5.88 Å². The monoisotopic (exact) mass is 227 g/mol. The van der Waals surface area contributed by atoms with Crippen LogP contribution in [0.2, 0.25) is 0 Å². The van der Waals surface area contributed by atoms with Crippen LogP contribution in [0.1, 0.15) is 6.42 Å². The third kappa shape index (κ3) is 3.58. The summed E-state index contributed by atoms with van der Waals surface area (Å²) in [5.41, 5.74) is 0.641. The minimum absolute atomic E-state index is 0.470. The first-order valence-corrected chi connectivity index (χ1v) is 5.11. The van der Waals surface area contributed by atoms with Gasteiger partial charge in [-0.15, -0.1) is 0 Å². The fourth-order valence-corrected chi connectivity index (χ4v) is 1.30. The minimum Gasteiger partial charge on any atom is -0.488 e. The number of allylic oxidation sites excluding steroid dienone is 1. The summed E-state index contributed by atoms with van der Waals surface area (Å²) in [4.78, 5) is 10.6. The smallest absolute Gasteiger partial charge is 0.230 e. The minimum atomic E-state index is 0.470. The molecule has 0 aromatic heterocycles. The van der Waals surface area contributed by atoms with Crippen molar-refractivity contribution >= 4 is 6.29 Å². The van der Waals surface area contributed by atoms with E-state index in [2.05, 4.69) is 5.32 Å². The lowest BCUT2D eigenvalue weighted by Gasteiger charge is -2.18. The molecule has 5 nitrogen and oxygen atoms in total. The van der Waals surface area contributed by atoms with E-state index >= 15 is 0 Å². The van der Waals surface area contributed by atoms with Gasteiger partial charge in [0, 0.05) is 32.3 Å². The van der Waals surface area contributed by atoms with Gasteiger partial charge in [-0.3, -0.25) is 4.79 Å². The van der Waals surface area contributed by atoms with Gasteiger partial charge in [-0.25, -0.2) is 0 Å². The molecule has 1 aliphatic rings. The molecular formula is C11H17NO4. The SMILES string of the molecule is COCCCOC1=C(OC)NCC(C=O)=C1. The number of hydrogen-bond acceptors (Lipinski definition) is 5. The molecule has 0 fully saturated rings. The molecule has 1 rings (SSSR count). The van der Waals surface area contributed by atoms with Crippen LogP contribution in [-0.4, -0.2) is 40.3 Å². The maximum Gasteiger partial charge on any atom is 0.230 e. The molecule has 0 saturated carbocycles. The third-order valence-electron chi connectivity index (χ3n) is 2.10. The van der Waals surface area contributed by atoms with Crippen molar-refractivity contribution in [3.63, 3.8) is 0 Å². The lowest BCUT2D eigenvalue weighted by molar-refractivity contribution is -0.105. The van der Waals surface area contributed by atoms with Crippen molar-refractivity contribution in [2.75, 3.05) is 34.0 Å². The Kier molecular flexibility index (Phi) is 5.42. The maximum absolute atomic E-state index is 10.6. The zero-order valence-corrected chi connectivity index (χ0v) is 9.62. The van der Waals surface area contributed by atoms with E-state index in [-0.39, 0.29) is 0 Å². The summed E-state index contributed by atoms with van der Waals surface area (Å²) in [5.74, 6) is 1.12. The highest BCUT2D eigenvalue weighted by atomic mass is 16.5. The Bertz CT molecular complexity index is 296. The number of carbonyl (C=O) groups is 1. The molecule has 0 aliphatic carbocycles. The number of ether oxygens (including phenoxy) is 3. The molecule has 16 heavy (non-hydrogen) atoms. The highest BCUT2D eigenvalue weighted by Crippen LogP contribution is 2.13. The topological polar surface area (TPSA) is 56.8 Å². The second kappa shape index (κ2) is 6.90. The predicted molar refractivity (Wildman–Crippen MR) is 58.6 cm³/mol. The molecule has 0 radical (unpaired) electrons. The molecule has 0 bridgehead atoms. The van der Waals surface area contributed by atoms with Gasteiger partial charge in [-0.05, 0) is 6.08 Å². The van der Waals surface area contributed by atoms with E-state index in [1.54, 1.807) is 20.3 Å².